The van der Waals surface area contributed by atoms with Crippen molar-refractivity contribution >= 4 is 5.91 Å². The topological polar surface area (TPSA) is 75.4 Å². The van der Waals surface area contributed by atoms with Crippen LogP contribution in [-0.4, -0.2) is 28.8 Å². The van der Waals surface area contributed by atoms with Crippen LogP contribution in [0.5, 0.6) is 0 Å². The monoisotopic (exact) mass is 282 g/mol. The molecule has 0 saturated heterocycles. The fourth-order valence-corrected chi connectivity index (χ4v) is 2.34. The third-order valence-corrected chi connectivity index (χ3v) is 3.88. The molecule has 20 heavy (non-hydrogen) atoms. The zero-order valence-electron chi connectivity index (χ0n) is 13.1. The van der Waals surface area contributed by atoms with Crippen LogP contribution in [0.3, 0.4) is 0 Å². The quantitative estimate of drug-likeness (QED) is 0.804. The molecule has 1 rings (SSSR count). The summed E-state index contributed by atoms with van der Waals surface area (Å²) in [4.78, 5) is 11.9. The number of nitrogens with one attached hydrogen (secondary N) is 1. The van der Waals surface area contributed by atoms with Crippen molar-refractivity contribution in [1.82, 2.24) is 10.5 Å². The molecule has 0 spiro atoms. The highest BCUT2D eigenvalue weighted by molar-refractivity contribution is 5.76. The predicted octanol–water partition coefficient (Wildman–Crippen LogP) is 2.31. The van der Waals surface area contributed by atoms with Crippen LogP contribution in [0.4, 0.5) is 0 Å². The van der Waals surface area contributed by atoms with E-state index < -0.39 is 6.10 Å². The lowest BCUT2D eigenvalue weighted by Crippen LogP contribution is -2.35. The Morgan fingerprint density at radius 1 is 1.40 bits per heavy atom. The van der Waals surface area contributed by atoms with Crippen LogP contribution in [0.2, 0.25) is 0 Å². The first kappa shape index (κ1) is 16.7. The number of aliphatic hydroxyl groups excluding tert-OH is 1. The summed E-state index contributed by atoms with van der Waals surface area (Å²) < 4.78 is 5.12. The van der Waals surface area contributed by atoms with Gasteiger partial charge in [0.2, 0.25) is 5.91 Å². The average Bonchev–Trinajstić information content (AvgIpc) is 2.74. The second kappa shape index (κ2) is 7.43. The van der Waals surface area contributed by atoms with E-state index >= 15 is 0 Å². The minimum atomic E-state index is -0.488. The number of aliphatic hydroxyl groups is 1. The lowest BCUT2D eigenvalue weighted by atomic mass is 9.95. The van der Waals surface area contributed by atoms with Crippen LogP contribution in [-0.2, 0) is 4.79 Å². The minimum absolute atomic E-state index is 0.0557. The molecule has 5 nitrogen and oxygen atoms in total. The summed E-state index contributed by atoms with van der Waals surface area (Å²) in [6.07, 6.45) is 0.779. The van der Waals surface area contributed by atoms with E-state index in [-0.39, 0.29) is 17.7 Å². The lowest BCUT2D eigenvalue weighted by Gasteiger charge is -2.18. The van der Waals surface area contributed by atoms with Crippen molar-refractivity contribution in [3.05, 3.63) is 17.0 Å². The summed E-state index contributed by atoms with van der Waals surface area (Å²) >= 11 is 0. The van der Waals surface area contributed by atoms with Gasteiger partial charge < -0.3 is 14.9 Å². The van der Waals surface area contributed by atoms with E-state index in [4.69, 9.17) is 4.52 Å². The molecular weight excluding hydrogens is 256 g/mol. The molecule has 0 radical (unpaired) electrons. The first-order valence-electron chi connectivity index (χ1n) is 7.24. The van der Waals surface area contributed by atoms with Gasteiger partial charge in [-0.1, -0.05) is 32.3 Å². The molecule has 0 fully saturated rings. The second-order valence-electron chi connectivity index (χ2n) is 5.60. The standard InChI is InChI=1S/C15H26N2O3/c1-6-9(2)13(18)8-16-14(19)7-10(3)15-11(4)17-20-12(15)5/h9-10,13,18H,6-8H2,1-5H3,(H,16,19). The number of aromatic nitrogens is 1. The van der Waals surface area contributed by atoms with Crippen LogP contribution in [0.1, 0.15) is 56.5 Å². The summed E-state index contributed by atoms with van der Waals surface area (Å²) in [6.45, 7) is 10.0. The van der Waals surface area contributed by atoms with E-state index in [0.29, 0.717) is 13.0 Å². The van der Waals surface area contributed by atoms with Gasteiger partial charge in [0, 0.05) is 18.5 Å². The molecule has 3 unspecified atom stereocenters. The summed E-state index contributed by atoms with van der Waals surface area (Å²) in [5, 5.41) is 16.5. The number of amides is 1. The maximum Gasteiger partial charge on any atom is 0.220 e. The van der Waals surface area contributed by atoms with Gasteiger partial charge in [-0.2, -0.15) is 0 Å². The van der Waals surface area contributed by atoms with Crippen LogP contribution in [0, 0.1) is 19.8 Å². The highest BCUT2D eigenvalue weighted by Crippen LogP contribution is 2.25. The Bertz CT molecular complexity index is 423. The van der Waals surface area contributed by atoms with Crippen molar-refractivity contribution in [2.75, 3.05) is 6.54 Å². The van der Waals surface area contributed by atoms with Crippen LogP contribution < -0.4 is 5.32 Å². The average molecular weight is 282 g/mol. The summed E-state index contributed by atoms with van der Waals surface area (Å²) in [5.74, 6) is 0.958. The normalized spacial score (nSPS) is 15.7. The highest BCUT2D eigenvalue weighted by Gasteiger charge is 2.20. The van der Waals surface area contributed by atoms with E-state index in [1.165, 1.54) is 0 Å². The molecule has 114 valence electrons. The Morgan fingerprint density at radius 2 is 2.05 bits per heavy atom. The number of carbonyl (C=O) groups is 1. The number of nitrogens with zero attached hydrogens (tertiary/aromatic N) is 1. The van der Waals surface area contributed by atoms with Gasteiger partial charge in [-0.3, -0.25) is 4.79 Å². The van der Waals surface area contributed by atoms with Crippen molar-refractivity contribution in [2.45, 2.75) is 59.5 Å². The summed E-state index contributed by atoms with van der Waals surface area (Å²) in [6, 6.07) is 0. The Labute approximate surface area is 120 Å². The Hall–Kier alpha value is -1.36. The molecule has 0 aromatic carbocycles. The smallest absolute Gasteiger partial charge is 0.220 e. The van der Waals surface area contributed by atoms with Crippen molar-refractivity contribution in [2.24, 2.45) is 5.92 Å². The Morgan fingerprint density at radius 3 is 2.55 bits per heavy atom. The minimum Gasteiger partial charge on any atom is -0.391 e. The maximum absolute atomic E-state index is 11.9. The zero-order chi connectivity index (χ0) is 15.3. The van der Waals surface area contributed by atoms with Gasteiger partial charge in [-0.05, 0) is 25.7 Å². The number of hydrogen-bond donors (Lipinski definition) is 2. The maximum atomic E-state index is 11.9. The van der Waals surface area contributed by atoms with E-state index in [1.807, 2.05) is 34.6 Å². The first-order chi connectivity index (χ1) is 9.36. The largest absolute Gasteiger partial charge is 0.391 e. The Kier molecular flexibility index (Phi) is 6.20. The van der Waals surface area contributed by atoms with E-state index in [9.17, 15) is 9.90 Å². The van der Waals surface area contributed by atoms with Crippen LogP contribution >= 0.6 is 0 Å². The molecule has 0 aliphatic heterocycles. The second-order valence-corrected chi connectivity index (χ2v) is 5.60. The van der Waals surface area contributed by atoms with E-state index in [2.05, 4.69) is 10.5 Å². The molecule has 0 aliphatic rings. The van der Waals surface area contributed by atoms with Gasteiger partial charge in [-0.25, -0.2) is 0 Å². The lowest BCUT2D eigenvalue weighted by molar-refractivity contribution is -0.122. The molecule has 0 saturated carbocycles. The highest BCUT2D eigenvalue weighted by atomic mass is 16.5. The van der Waals surface area contributed by atoms with Gasteiger partial charge in [-0.15, -0.1) is 0 Å². The molecule has 5 heteroatoms. The van der Waals surface area contributed by atoms with Gasteiger partial charge >= 0.3 is 0 Å². The van der Waals surface area contributed by atoms with Gasteiger partial charge in [0.1, 0.15) is 5.76 Å². The number of rotatable bonds is 7. The third kappa shape index (κ3) is 4.34. The molecule has 0 aliphatic carbocycles. The molecule has 1 aromatic rings. The van der Waals surface area contributed by atoms with E-state index in [0.717, 1.165) is 23.4 Å². The fourth-order valence-electron chi connectivity index (χ4n) is 2.34. The van der Waals surface area contributed by atoms with E-state index in [1.54, 1.807) is 0 Å². The van der Waals surface area contributed by atoms with Gasteiger partial charge in [0.25, 0.3) is 0 Å². The van der Waals surface area contributed by atoms with Crippen LogP contribution in [0.15, 0.2) is 4.52 Å². The summed E-state index contributed by atoms with van der Waals surface area (Å²) in [5.41, 5.74) is 1.84. The first-order valence-corrected chi connectivity index (χ1v) is 7.24. The van der Waals surface area contributed by atoms with Crippen molar-refractivity contribution in [3.63, 3.8) is 0 Å². The molecule has 0 bridgehead atoms. The molecule has 1 heterocycles. The number of carbonyl (C=O) groups excluding carboxylic acids is 1. The zero-order valence-corrected chi connectivity index (χ0v) is 13.1. The fraction of sp³-hybridized carbons (Fsp3) is 0.733. The van der Waals surface area contributed by atoms with Crippen molar-refractivity contribution < 1.29 is 14.4 Å². The van der Waals surface area contributed by atoms with Crippen LogP contribution in [0.25, 0.3) is 0 Å². The molecule has 3 atom stereocenters. The third-order valence-electron chi connectivity index (χ3n) is 3.88. The van der Waals surface area contributed by atoms with Crippen molar-refractivity contribution in [3.8, 4) is 0 Å². The predicted molar refractivity (Wildman–Crippen MR) is 77.5 cm³/mol. The van der Waals surface area contributed by atoms with Crippen molar-refractivity contribution in [1.29, 1.82) is 0 Å². The SMILES string of the molecule is CCC(C)C(O)CNC(=O)CC(C)c1c(C)noc1C. The number of hydrogen-bond acceptors (Lipinski definition) is 4. The number of aryl methyl sites for hydroxylation is 2. The molecule has 1 aromatic heterocycles. The molecule has 1 amide bonds. The van der Waals surface area contributed by atoms with Gasteiger partial charge in [0.15, 0.2) is 0 Å². The Balaban J connectivity index is 2.47. The molecule has 2 N–H and O–H groups in total. The van der Waals surface area contributed by atoms with Gasteiger partial charge in [0.05, 0.1) is 11.8 Å². The summed E-state index contributed by atoms with van der Waals surface area (Å²) in [7, 11) is 0. The molecular formula is C15H26N2O3.